The zero-order valence-electron chi connectivity index (χ0n) is 10.7. The number of carbonyl (C=O) groups excluding carboxylic acids is 1. The number of rotatable bonds is 7. The summed E-state index contributed by atoms with van der Waals surface area (Å²) in [4.78, 5) is 13.6. The monoisotopic (exact) mass is 271 g/mol. The first kappa shape index (κ1) is 15.0. The molecule has 0 unspecified atom stereocenters. The fraction of sp³-hybridized carbons (Fsp3) is 0.500. The van der Waals surface area contributed by atoms with E-state index in [1.54, 1.807) is 24.1 Å². The summed E-state index contributed by atoms with van der Waals surface area (Å²) < 4.78 is 13.0. The van der Waals surface area contributed by atoms with Gasteiger partial charge in [0.1, 0.15) is 5.82 Å². The minimum absolute atomic E-state index is 0.0199. The average Bonchev–Trinajstić information content (AvgIpc) is 2.34. The van der Waals surface area contributed by atoms with Gasteiger partial charge < -0.3 is 4.90 Å². The molecule has 100 valence electrons. The van der Waals surface area contributed by atoms with Gasteiger partial charge in [-0.3, -0.25) is 4.79 Å². The molecule has 18 heavy (non-hydrogen) atoms. The van der Waals surface area contributed by atoms with Gasteiger partial charge in [-0.15, -0.1) is 11.6 Å². The normalized spacial score (nSPS) is 10.4. The van der Waals surface area contributed by atoms with Crippen LogP contribution in [-0.4, -0.2) is 30.3 Å². The third-order valence-electron chi connectivity index (χ3n) is 2.80. The summed E-state index contributed by atoms with van der Waals surface area (Å²) in [6, 6.07) is 6.17. The van der Waals surface area contributed by atoms with Crippen LogP contribution in [0.2, 0.25) is 0 Å². The summed E-state index contributed by atoms with van der Waals surface area (Å²) in [5.74, 6) is 0.387. The molecule has 1 amide bonds. The number of amides is 1. The Morgan fingerprint density at radius 1 is 1.33 bits per heavy atom. The first-order valence-electron chi connectivity index (χ1n) is 6.18. The SMILES string of the molecule is CN(CCCCCCl)C(=O)Cc1cccc(F)c1. The molecule has 0 bridgehead atoms. The summed E-state index contributed by atoms with van der Waals surface area (Å²) in [6.07, 6.45) is 3.22. The van der Waals surface area contributed by atoms with Crippen LogP contribution in [0.1, 0.15) is 24.8 Å². The first-order chi connectivity index (χ1) is 8.63. The zero-order valence-corrected chi connectivity index (χ0v) is 11.4. The van der Waals surface area contributed by atoms with Crippen molar-refractivity contribution >= 4 is 17.5 Å². The number of unbranched alkanes of at least 4 members (excludes halogenated alkanes) is 2. The van der Waals surface area contributed by atoms with Gasteiger partial charge in [-0.1, -0.05) is 18.6 Å². The molecule has 0 aliphatic rings. The fourth-order valence-corrected chi connectivity index (χ4v) is 1.89. The first-order valence-corrected chi connectivity index (χ1v) is 6.71. The largest absolute Gasteiger partial charge is 0.345 e. The Labute approximate surface area is 113 Å². The van der Waals surface area contributed by atoms with Crippen molar-refractivity contribution in [3.05, 3.63) is 35.6 Å². The molecule has 0 aliphatic carbocycles. The van der Waals surface area contributed by atoms with Gasteiger partial charge >= 0.3 is 0 Å². The number of likely N-dealkylation sites (N-methyl/N-ethyl adjacent to an activating group) is 1. The smallest absolute Gasteiger partial charge is 0.226 e. The van der Waals surface area contributed by atoms with E-state index >= 15 is 0 Å². The van der Waals surface area contributed by atoms with Crippen LogP contribution < -0.4 is 0 Å². The van der Waals surface area contributed by atoms with Crippen LogP contribution in [0.5, 0.6) is 0 Å². The molecule has 4 heteroatoms. The van der Waals surface area contributed by atoms with Crippen molar-refractivity contribution in [1.29, 1.82) is 0 Å². The Balaban J connectivity index is 2.35. The van der Waals surface area contributed by atoms with Crippen molar-refractivity contribution in [3.63, 3.8) is 0 Å². The van der Waals surface area contributed by atoms with Gasteiger partial charge in [0.15, 0.2) is 0 Å². The van der Waals surface area contributed by atoms with E-state index in [-0.39, 0.29) is 18.1 Å². The maximum absolute atomic E-state index is 13.0. The number of nitrogens with zero attached hydrogens (tertiary/aromatic N) is 1. The molecule has 0 saturated carbocycles. The molecule has 1 aromatic rings. The third-order valence-corrected chi connectivity index (χ3v) is 3.06. The van der Waals surface area contributed by atoms with Crippen LogP contribution >= 0.6 is 11.6 Å². The highest BCUT2D eigenvalue weighted by Gasteiger charge is 2.09. The standard InChI is InChI=1S/C14H19ClFNO/c1-17(9-4-2-3-8-15)14(18)11-12-6-5-7-13(16)10-12/h5-7,10H,2-4,8-9,11H2,1H3. The van der Waals surface area contributed by atoms with Crippen LogP contribution in [0.15, 0.2) is 24.3 Å². The number of alkyl halides is 1. The quantitative estimate of drug-likeness (QED) is 0.551. The summed E-state index contributed by atoms with van der Waals surface area (Å²) in [7, 11) is 1.78. The topological polar surface area (TPSA) is 20.3 Å². The molecule has 0 atom stereocenters. The highest BCUT2D eigenvalue weighted by Crippen LogP contribution is 2.06. The second-order valence-corrected chi connectivity index (χ2v) is 4.75. The van der Waals surface area contributed by atoms with Crippen molar-refractivity contribution in [1.82, 2.24) is 4.90 Å². The van der Waals surface area contributed by atoms with Crippen molar-refractivity contribution < 1.29 is 9.18 Å². The fourth-order valence-electron chi connectivity index (χ4n) is 1.70. The van der Waals surface area contributed by atoms with Crippen LogP contribution in [0.3, 0.4) is 0 Å². The molecule has 2 nitrogen and oxygen atoms in total. The second kappa shape index (κ2) is 8.09. The van der Waals surface area contributed by atoms with Crippen molar-refractivity contribution in [2.45, 2.75) is 25.7 Å². The molecule has 0 heterocycles. The predicted octanol–water partition coefficient (Wildman–Crippen LogP) is 3.24. The van der Waals surface area contributed by atoms with E-state index < -0.39 is 0 Å². The van der Waals surface area contributed by atoms with E-state index in [4.69, 9.17) is 11.6 Å². The maximum Gasteiger partial charge on any atom is 0.226 e. The molecule has 0 fully saturated rings. The molecule has 0 saturated heterocycles. The van der Waals surface area contributed by atoms with E-state index in [0.29, 0.717) is 11.4 Å². The van der Waals surface area contributed by atoms with Crippen molar-refractivity contribution in [2.24, 2.45) is 0 Å². The van der Waals surface area contributed by atoms with Gasteiger partial charge in [-0.05, 0) is 30.5 Å². The van der Waals surface area contributed by atoms with E-state index in [1.807, 2.05) is 0 Å². The predicted molar refractivity (Wildman–Crippen MR) is 72.3 cm³/mol. The van der Waals surface area contributed by atoms with Gasteiger partial charge in [0.25, 0.3) is 0 Å². The average molecular weight is 272 g/mol. The van der Waals surface area contributed by atoms with Crippen LogP contribution in [0.4, 0.5) is 4.39 Å². The number of carbonyl (C=O) groups is 1. The Hall–Kier alpha value is -1.09. The van der Waals surface area contributed by atoms with Crippen molar-refractivity contribution in [3.8, 4) is 0 Å². The molecule has 1 aromatic carbocycles. The summed E-state index contributed by atoms with van der Waals surface area (Å²) in [5.41, 5.74) is 0.715. The Morgan fingerprint density at radius 2 is 2.11 bits per heavy atom. The molecular formula is C14H19ClFNO. The lowest BCUT2D eigenvalue weighted by Gasteiger charge is -2.17. The molecule has 1 rings (SSSR count). The van der Waals surface area contributed by atoms with Gasteiger partial charge in [-0.2, -0.15) is 0 Å². The molecule has 0 spiro atoms. The van der Waals surface area contributed by atoms with Crippen LogP contribution in [0, 0.1) is 5.82 Å². The lowest BCUT2D eigenvalue weighted by Crippen LogP contribution is -2.29. The third kappa shape index (κ3) is 5.50. The molecule has 0 aliphatic heterocycles. The second-order valence-electron chi connectivity index (χ2n) is 4.37. The maximum atomic E-state index is 13.0. The van der Waals surface area contributed by atoms with Gasteiger partial charge in [0, 0.05) is 19.5 Å². The molecule has 0 N–H and O–H groups in total. The molecule has 0 radical (unpaired) electrons. The molecule has 0 aromatic heterocycles. The number of hydrogen-bond donors (Lipinski definition) is 0. The van der Waals surface area contributed by atoms with Crippen LogP contribution in [0.25, 0.3) is 0 Å². The number of hydrogen-bond acceptors (Lipinski definition) is 1. The number of benzene rings is 1. The Morgan fingerprint density at radius 3 is 2.78 bits per heavy atom. The minimum Gasteiger partial charge on any atom is -0.345 e. The van der Waals surface area contributed by atoms with E-state index in [9.17, 15) is 9.18 Å². The zero-order chi connectivity index (χ0) is 13.4. The lowest BCUT2D eigenvalue weighted by atomic mass is 10.1. The summed E-state index contributed by atoms with van der Waals surface area (Å²) in [5, 5.41) is 0. The van der Waals surface area contributed by atoms with E-state index in [1.165, 1.54) is 12.1 Å². The Bertz CT molecular complexity index is 384. The van der Waals surface area contributed by atoms with Crippen LogP contribution in [-0.2, 0) is 11.2 Å². The van der Waals surface area contributed by atoms with E-state index in [0.717, 1.165) is 25.8 Å². The highest BCUT2D eigenvalue weighted by atomic mass is 35.5. The van der Waals surface area contributed by atoms with Crippen molar-refractivity contribution in [2.75, 3.05) is 19.5 Å². The van der Waals surface area contributed by atoms with Gasteiger partial charge in [0.2, 0.25) is 5.91 Å². The Kier molecular flexibility index (Phi) is 6.73. The number of halogens is 2. The summed E-state index contributed by atoms with van der Waals surface area (Å²) in [6.45, 7) is 0.727. The van der Waals surface area contributed by atoms with Gasteiger partial charge in [-0.25, -0.2) is 4.39 Å². The highest BCUT2D eigenvalue weighted by molar-refractivity contribution is 6.17. The minimum atomic E-state index is -0.301. The van der Waals surface area contributed by atoms with Gasteiger partial charge in [0.05, 0.1) is 6.42 Å². The lowest BCUT2D eigenvalue weighted by molar-refractivity contribution is -0.129. The molecular weight excluding hydrogens is 253 g/mol. The summed E-state index contributed by atoms with van der Waals surface area (Å²) >= 11 is 5.59. The van der Waals surface area contributed by atoms with E-state index in [2.05, 4.69) is 0 Å².